The minimum absolute atomic E-state index is 0.309. The molecule has 3 N–H and O–H groups in total. The zero-order valence-electron chi connectivity index (χ0n) is 8.16. The van der Waals surface area contributed by atoms with E-state index in [2.05, 4.69) is 5.32 Å². The molecule has 0 spiro atoms. The number of ether oxygens (including phenoxy) is 2. The standard InChI is InChI=1S/C10H12N2O2S/c11-10(15)12-4-3-7-1-2-8-9(5-7)14-6-13-8/h1-2,5H,3-4,6H2,(H3,11,12,15). The molecule has 5 heteroatoms. The van der Waals surface area contributed by atoms with Crippen LogP contribution in [0.4, 0.5) is 0 Å². The third kappa shape index (κ3) is 2.50. The molecule has 15 heavy (non-hydrogen) atoms. The van der Waals surface area contributed by atoms with Gasteiger partial charge in [0.1, 0.15) is 0 Å². The second kappa shape index (κ2) is 4.35. The first-order chi connectivity index (χ1) is 7.25. The lowest BCUT2D eigenvalue weighted by Gasteiger charge is -2.04. The minimum Gasteiger partial charge on any atom is -0.454 e. The average molecular weight is 224 g/mol. The summed E-state index contributed by atoms with van der Waals surface area (Å²) in [5, 5.41) is 3.23. The van der Waals surface area contributed by atoms with Crippen LogP contribution >= 0.6 is 12.2 Å². The summed E-state index contributed by atoms with van der Waals surface area (Å²) in [6, 6.07) is 5.90. The summed E-state index contributed by atoms with van der Waals surface area (Å²) < 4.78 is 10.5. The normalized spacial score (nSPS) is 12.5. The molecule has 0 atom stereocenters. The topological polar surface area (TPSA) is 56.5 Å². The number of nitrogens with one attached hydrogen (secondary N) is 1. The van der Waals surface area contributed by atoms with E-state index in [0.29, 0.717) is 11.9 Å². The largest absolute Gasteiger partial charge is 0.454 e. The highest BCUT2D eigenvalue weighted by atomic mass is 32.1. The molecule has 0 radical (unpaired) electrons. The molecule has 1 heterocycles. The van der Waals surface area contributed by atoms with Gasteiger partial charge in [-0.05, 0) is 36.3 Å². The van der Waals surface area contributed by atoms with Crippen molar-refractivity contribution >= 4 is 17.3 Å². The molecule has 0 saturated heterocycles. The third-order valence-corrected chi connectivity index (χ3v) is 2.29. The molecular formula is C10H12N2O2S. The second-order valence-corrected chi connectivity index (χ2v) is 3.67. The second-order valence-electron chi connectivity index (χ2n) is 3.23. The molecule has 2 rings (SSSR count). The summed E-state index contributed by atoms with van der Waals surface area (Å²) in [6.07, 6.45) is 0.855. The van der Waals surface area contributed by atoms with Crippen LogP contribution in [0.1, 0.15) is 5.56 Å². The Bertz CT molecular complexity index is 382. The Morgan fingerprint density at radius 2 is 2.20 bits per heavy atom. The van der Waals surface area contributed by atoms with Gasteiger partial charge in [0, 0.05) is 6.54 Å². The molecule has 4 nitrogen and oxygen atoms in total. The van der Waals surface area contributed by atoms with E-state index in [-0.39, 0.29) is 0 Å². The van der Waals surface area contributed by atoms with Crippen LogP contribution in [-0.2, 0) is 6.42 Å². The van der Waals surface area contributed by atoms with Crippen LogP contribution in [-0.4, -0.2) is 18.5 Å². The molecular weight excluding hydrogens is 212 g/mol. The van der Waals surface area contributed by atoms with E-state index in [0.717, 1.165) is 24.5 Å². The summed E-state index contributed by atoms with van der Waals surface area (Å²) in [5.41, 5.74) is 6.49. The highest BCUT2D eigenvalue weighted by Crippen LogP contribution is 2.32. The van der Waals surface area contributed by atoms with Gasteiger partial charge in [-0.1, -0.05) is 6.07 Å². The number of benzene rings is 1. The van der Waals surface area contributed by atoms with Crippen LogP contribution in [0.25, 0.3) is 0 Å². The maximum absolute atomic E-state index is 5.32. The number of hydrogen-bond donors (Lipinski definition) is 2. The van der Waals surface area contributed by atoms with E-state index in [9.17, 15) is 0 Å². The Kier molecular flexibility index (Phi) is 2.91. The number of hydrogen-bond acceptors (Lipinski definition) is 3. The van der Waals surface area contributed by atoms with Crippen LogP contribution in [0.2, 0.25) is 0 Å². The van der Waals surface area contributed by atoms with E-state index in [1.54, 1.807) is 0 Å². The van der Waals surface area contributed by atoms with Crippen LogP contribution in [0.5, 0.6) is 11.5 Å². The van der Waals surface area contributed by atoms with Crippen molar-refractivity contribution in [3.05, 3.63) is 23.8 Å². The maximum atomic E-state index is 5.32. The predicted molar refractivity (Wildman–Crippen MR) is 61.1 cm³/mol. The Labute approximate surface area is 93.4 Å². The first kappa shape index (κ1) is 10.0. The summed E-state index contributed by atoms with van der Waals surface area (Å²) >= 11 is 4.71. The van der Waals surface area contributed by atoms with Crippen molar-refractivity contribution in [2.75, 3.05) is 13.3 Å². The zero-order chi connectivity index (χ0) is 10.7. The van der Waals surface area contributed by atoms with Crippen molar-refractivity contribution in [3.63, 3.8) is 0 Å². The molecule has 0 amide bonds. The molecule has 0 aliphatic carbocycles. The van der Waals surface area contributed by atoms with Gasteiger partial charge in [-0.3, -0.25) is 0 Å². The van der Waals surface area contributed by atoms with Crippen LogP contribution in [0.15, 0.2) is 18.2 Å². The fourth-order valence-electron chi connectivity index (χ4n) is 1.43. The van der Waals surface area contributed by atoms with Crippen LogP contribution in [0.3, 0.4) is 0 Å². The molecule has 1 aromatic carbocycles. The first-order valence-electron chi connectivity index (χ1n) is 4.67. The lowest BCUT2D eigenvalue weighted by atomic mass is 10.1. The molecule has 1 aliphatic heterocycles. The Morgan fingerprint density at radius 3 is 3.00 bits per heavy atom. The van der Waals surface area contributed by atoms with Gasteiger partial charge in [-0.25, -0.2) is 0 Å². The van der Waals surface area contributed by atoms with Crippen LogP contribution in [0, 0.1) is 0 Å². The predicted octanol–water partition coefficient (Wildman–Crippen LogP) is 0.791. The molecule has 1 aromatic rings. The van der Waals surface area contributed by atoms with E-state index >= 15 is 0 Å². The van der Waals surface area contributed by atoms with Gasteiger partial charge in [-0.2, -0.15) is 0 Å². The SMILES string of the molecule is NC(=S)NCCc1ccc2c(c1)OCO2. The zero-order valence-corrected chi connectivity index (χ0v) is 8.97. The van der Waals surface area contributed by atoms with Crippen molar-refractivity contribution in [2.24, 2.45) is 5.73 Å². The van der Waals surface area contributed by atoms with Gasteiger partial charge >= 0.3 is 0 Å². The van der Waals surface area contributed by atoms with Gasteiger partial charge in [0.05, 0.1) is 0 Å². The molecule has 0 saturated carbocycles. The van der Waals surface area contributed by atoms with Crippen molar-refractivity contribution in [3.8, 4) is 11.5 Å². The third-order valence-electron chi connectivity index (χ3n) is 2.15. The van der Waals surface area contributed by atoms with E-state index in [1.165, 1.54) is 5.56 Å². The van der Waals surface area contributed by atoms with Gasteiger partial charge in [0.25, 0.3) is 0 Å². The summed E-state index contributed by atoms with van der Waals surface area (Å²) in [4.78, 5) is 0. The molecule has 1 aliphatic rings. The minimum atomic E-state index is 0.309. The number of thiocarbonyl (C=S) groups is 1. The van der Waals surface area contributed by atoms with E-state index < -0.39 is 0 Å². The number of rotatable bonds is 3. The molecule has 0 unspecified atom stereocenters. The lowest BCUT2D eigenvalue weighted by molar-refractivity contribution is 0.174. The fraction of sp³-hybridized carbons (Fsp3) is 0.300. The fourth-order valence-corrected chi connectivity index (χ4v) is 1.53. The highest BCUT2D eigenvalue weighted by Gasteiger charge is 2.12. The summed E-state index contributed by atoms with van der Waals surface area (Å²) in [6.45, 7) is 1.04. The summed E-state index contributed by atoms with van der Waals surface area (Å²) in [7, 11) is 0. The molecule has 0 bridgehead atoms. The summed E-state index contributed by atoms with van der Waals surface area (Å²) in [5.74, 6) is 1.61. The van der Waals surface area contributed by atoms with E-state index in [1.807, 2.05) is 18.2 Å². The van der Waals surface area contributed by atoms with Crippen LogP contribution < -0.4 is 20.5 Å². The Hall–Kier alpha value is -1.49. The monoisotopic (exact) mass is 224 g/mol. The maximum Gasteiger partial charge on any atom is 0.231 e. The van der Waals surface area contributed by atoms with Crippen molar-refractivity contribution in [2.45, 2.75) is 6.42 Å². The van der Waals surface area contributed by atoms with Crippen molar-refractivity contribution in [1.82, 2.24) is 5.32 Å². The number of nitrogens with two attached hydrogens (primary N) is 1. The lowest BCUT2D eigenvalue weighted by Crippen LogP contribution is -2.30. The quantitative estimate of drug-likeness (QED) is 0.743. The first-order valence-corrected chi connectivity index (χ1v) is 5.08. The van der Waals surface area contributed by atoms with Crippen molar-refractivity contribution in [1.29, 1.82) is 0 Å². The molecule has 80 valence electrons. The molecule has 0 fully saturated rings. The van der Waals surface area contributed by atoms with Gasteiger partial charge in [-0.15, -0.1) is 0 Å². The highest BCUT2D eigenvalue weighted by molar-refractivity contribution is 7.80. The Morgan fingerprint density at radius 1 is 1.40 bits per heavy atom. The van der Waals surface area contributed by atoms with E-state index in [4.69, 9.17) is 27.4 Å². The Balaban J connectivity index is 1.95. The van der Waals surface area contributed by atoms with Gasteiger partial charge in [0.15, 0.2) is 16.6 Å². The van der Waals surface area contributed by atoms with Gasteiger partial charge in [0.2, 0.25) is 6.79 Å². The van der Waals surface area contributed by atoms with Gasteiger partial charge < -0.3 is 20.5 Å². The molecule has 0 aromatic heterocycles. The smallest absolute Gasteiger partial charge is 0.231 e. The average Bonchev–Trinajstić information content (AvgIpc) is 2.64. The number of fused-ring (bicyclic) bond motifs is 1. The van der Waals surface area contributed by atoms with Crippen molar-refractivity contribution < 1.29 is 9.47 Å².